The Labute approximate surface area is 176 Å². The maximum Gasteiger partial charge on any atom is 0.243 e. The molecule has 4 rings (SSSR count). The third-order valence-corrected chi connectivity index (χ3v) is 6.51. The predicted molar refractivity (Wildman–Crippen MR) is 119 cm³/mol. The molecule has 3 nitrogen and oxygen atoms in total. The normalized spacial score (nSPS) is 17.3. The van der Waals surface area contributed by atoms with Crippen molar-refractivity contribution in [3.05, 3.63) is 101 Å². The van der Waals surface area contributed by atoms with Gasteiger partial charge in [-0.15, -0.1) is 11.3 Å². The predicted octanol–water partition coefficient (Wildman–Crippen LogP) is 5.14. The fraction of sp³-hybridized carbons (Fsp3) is 0.280. The summed E-state index contributed by atoms with van der Waals surface area (Å²) >= 11 is 1.69. The minimum absolute atomic E-state index is 0.00109. The lowest BCUT2D eigenvalue weighted by atomic mass is 9.85. The summed E-state index contributed by atoms with van der Waals surface area (Å²) in [6.07, 6.45) is 9.70. The van der Waals surface area contributed by atoms with Gasteiger partial charge in [-0.1, -0.05) is 66.7 Å². The molecule has 1 N–H and O–H groups in total. The van der Waals surface area contributed by atoms with E-state index in [0.717, 1.165) is 25.7 Å². The van der Waals surface area contributed by atoms with Crippen LogP contribution in [0.5, 0.6) is 0 Å². The van der Waals surface area contributed by atoms with E-state index in [4.69, 9.17) is 0 Å². The largest absolute Gasteiger partial charge is 0.353 e. The maximum atomic E-state index is 12.2. The van der Waals surface area contributed by atoms with Gasteiger partial charge in [0.05, 0.1) is 5.01 Å². The molecule has 0 unspecified atom stereocenters. The highest BCUT2D eigenvalue weighted by molar-refractivity contribution is 7.09. The van der Waals surface area contributed by atoms with E-state index in [9.17, 15) is 4.79 Å². The Kier molecular flexibility index (Phi) is 6.20. The number of carbonyl (C=O) groups excluding carboxylic acids is 1. The first-order chi connectivity index (χ1) is 14.3. The van der Waals surface area contributed by atoms with E-state index in [1.54, 1.807) is 17.4 Å². The lowest BCUT2D eigenvalue weighted by Crippen LogP contribution is -2.22. The fourth-order valence-electron chi connectivity index (χ4n) is 4.07. The van der Waals surface area contributed by atoms with Crippen molar-refractivity contribution in [2.75, 3.05) is 6.54 Å². The molecule has 29 heavy (non-hydrogen) atoms. The molecule has 1 fully saturated rings. The molecule has 1 amide bonds. The highest BCUT2D eigenvalue weighted by Crippen LogP contribution is 2.59. The van der Waals surface area contributed by atoms with Gasteiger partial charge < -0.3 is 5.32 Å². The quantitative estimate of drug-likeness (QED) is 0.397. The van der Waals surface area contributed by atoms with Crippen LogP contribution in [-0.2, 0) is 16.6 Å². The number of rotatable bonds is 9. The van der Waals surface area contributed by atoms with Gasteiger partial charge in [0.15, 0.2) is 0 Å². The van der Waals surface area contributed by atoms with Crippen molar-refractivity contribution in [1.82, 2.24) is 10.3 Å². The van der Waals surface area contributed by atoms with Gasteiger partial charge >= 0.3 is 0 Å². The van der Waals surface area contributed by atoms with Gasteiger partial charge in [0.2, 0.25) is 5.91 Å². The Bertz CT molecular complexity index is 896. The summed E-state index contributed by atoms with van der Waals surface area (Å²) in [5, 5.41) is 6.18. The average molecular weight is 403 g/mol. The molecule has 1 saturated carbocycles. The molecule has 148 valence electrons. The molecule has 1 aromatic heterocycles. The van der Waals surface area contributed by atoms with Crippen LogP contribution in [0, 0.1) is 5.92 Å². The number of nitrogens with zero attached hydrogens (tertiary/aromatic N) is 1. The molecule has 1 atom stereocenters. The number of benzene rings is 2. The smallest absolute Gasteiger partial charge is 0.243 e. The van der Waals surface area contributed by atoms with Gasteiger partial charge in [-0.3, -0.25) is 4.79 Å². The van der Waals surface area contributed by atoms with Gasteiger partial charge in [-0.25, -0.2) is 4.98 Å². The molecule has 0 spiro atoms. The zero-order valence-electron chi connectivity index (χ0n) is 16.5. The molecule has 4 heteroatoms. The summed E-state index contributed by atoms with van der Waals surface area (Å²) in [7, 11) is 0. The van der Waals surface area contributed by atoms with E-state index in [1.807, 2.05) is 11.6 Å². The van der Waals surface area contributed by atoms with Crippen LogP contribution in [0.15, 0.2) is 84.4 Å². The van der Waals surface area contributed by atoms with Crippen LogP contribution >= 0.6 is 11.3 Å². The zero-order valence-corrected chi connectivity index (χ0v) is 17.3. The van der Waals surface area contributed by atoms with Crippen molar-refractivity contribution < 1.29 is 4.79 Å². The Balaban J connectivity index is 1.31. The molecule has 1 heterocycles. The standard InChI is InChI=1S/C25H26N2OS/c28-23(26-16-8-7-13-24-27-17-18-29-24)15-14-22-19-25(22,20-9-3-1-4-10-20)21-11-5-2-6-12-21/h1-6,9-12,14-15,17-18,22H,7-8,13,16,19H2,(H,26,28)/b15-14+/t22-/m1/s1. The number of amides is 1. The molecular formula is C25H26N2OS. The van der Waals surface area contributed by atoms with E-state index in [0.29, 0.717) is 12.5 Å². The number of allylic oxidation sites excluding steroid dienone is 1. The average Bonchev–Trinajstić information content (AvgIpc) is 3.28. The lowest BCUT2D eigenvalue weighted by molar-refractivity contribution is -0.116. The van der Waals surface area contributed by atoms with E-state index >= 15 is 0 Å². The second-order valence-corrected chi connectivity index (χ2v) is 8.53. The van der Waals surface area contributed by atoms with Crippen LogP contribution in [0.2, 0.25) is 0 Å². The number of carbonyl (C=O) groups is 1. The first-order valence-corrected chi connectivity index (χ1v) is 11.1. The Morgan fingerprint density at radius 1 is 1.07 bits per heavy atom. The Hall–Kier alpha value is -2.72. The molecule has 1 aliphatic carbocycles. The Morgan fingerprint density at radius 3 is 2.38 bits per heavy atom. The first-order valence-electron chi connectivity index (χ1n) is 10.2. The number of thiazole rings is 1. The van der Waals surface area contributed by atoms with Crippen molar-refractivity contribution in [2.45, 2.75) is 31.1 Å². The number of aromatic nitrogens is 1. The van der Waals surface area contributed by atoms with E-state index in [-0.39, 0.29) is 11.3 Å². The maximum absolute atomic E-state index is 12.2. The summed E-state index contributed by atoms with van der Waals surface area (Å²) in [5.74, 6) is 0.351. The third-order valence-electron chi connectivity index (χ3n) is 5.67. The molecule has 0 saturated heterocycles. The first kappa shape index (κ1) is 19.6. The topological polar surface area (TPSA) is 42.0 Å². The van der Waals surface area contributed by atoms with E-state index in [2.05, 4.69) is 77.0 Å². The minimum Gasteiger partial charge on any atom is -0.353 e. The van der Waals surface area contributed by atoms with Crippen LogP contribution in [0.25, 0.3) is 0 Å². The third kappa shape index (κ3) is 4.65. The zero-order chi connectivity index (χ0) is 19.9. The van der Waals surface area contributed by atoms with Crippen LogP contribution < -0.4 is 5.32 Å². The second-order valence-electron chi connectivity index (χ2n) is 7.55. The number of hydrogen-bond acceptors (Lipinski definition) is 3. The van der Waals surface area contributed by atoms with Crippen LogP contribution in [0.1, 0.15) is 35.4 Å². The number of aryl methyl sites for hydroxylation is 1. The summed E-state index contributed by atoms with van der Waals surface area (Å²) in [5.41, 5.74) is 2.64. The summed E-state index contributed by atoms with van der Waals surface area (Å²) in [6.45, 7) is 0.710. The van der Waals surface area contributed by atoms with Gasteiger partial charge in [0, 0.05) is 23.5 Å². The van der Waals surface area contributed by atoms with Crippen molar-refractivity contribution in [2.24, 2.45) is 5.92 Å². The van der Waals surface area contributed by atoms with Crippen LogP contribution in [0.4, 0.5) is 0 Å². The minimum atomic E-state index is -0.00694. The SMILES string of the molecule is O=C(/C=C/[C@@H]1CC1(c1ccccc1)c1ccccc1)NCCCCc1nccs1. The second kappa shape index (κ2) is 9.19. The summed E-state index contributed by atoms with van der Waals surface area (Å²) in [6, 6.07) is 21.3. The van der Waals surface area contributed by atoms with Gasteiger partial charge in [-0.2, -0.15) is 0 Å². The van der Waals surface area contributed by atoms with E-state index < -0.39 is 0 Å². The van der Waals surface area contributed by atoms with Gasteiger partial charge in [0.1, 0.15) is 0 Å². The molecule has 3 aromatic rings. The van der Waals surface area contributed by atoms with Crippen LogP contribution in [0.3, 0.4) is 0 Å². The number of nitrogens with one attached hydrogen (secondary N) is 1. The highest BCUT2D eigenvalue weighted by atomic mass is 32.1. The summed E-state index contributed by atoms with van der Waals surface area (Å²) in [4.78, 5) is 16.5. The van der Waals surface area contributed by atoms with Crippen molar-refractivity contribution in [3.63, 3.8) is 0 Å². The number of unbranched alkanes of at least 4 members (excludes halogenated alkanes) is 1. The van der Waals surface area contributed by atoms with Gasteiger partial charge in [0.25, 0.3) is 0 Å². The van der Waals surface area contributed by atoms with Crippen molar-refractivity contribution in [3.8, 4) is 0 Å². The summed E-state index contributed by atoms with van der Waals surface area (Å²) < 4.78 is 0. The molecule has 0 bridgehead atoms. The lowest BCUT2D eigenvalue weighted by Gasteiger charge is -2.18. The fourth-order valence-corrected chi connectivity index (χ4v) is 4.74. The molecule has 1 aliphatic rings. The number of hydrogen-bond donors (Lipinski definition) is 1. The molecule has 0 radical (unpaired) electrons. The van der Waals surface area contributed by atoms with Gasteiger partial charge in [-0.05, 0) is 48.8 Å². The van der Waals surface area contributed by atoms with E-state index in [1.165, 1.54) is 16.1 Å². The van der Waals surface area contributed by atoms with Crippen LogP contribution in [-0.4, -0.2) is 17.4 Å². The molecule has 2 aromatic carbocycles. The molecular weight excluding hydrogens is 376 g/mol. The van der Waals surface area contributed by atoms with Crippen molar-refractivity contribution in [1.29, 1.82) is 0 Å². The highest BCUT2D eigenvalue weighted by Gasteiger charge is 2.54. The molecule has 0 aliphatic heterocycles. The Morgan fingerprint density at radius 2 is 1.76 bits per heavy atom. The monoisotopic (exact) mass is 402 g/mol. The van der Waals surface area contributed by atoms with Crippen molar-refractivity contribution >= 4 is 17.2 Å².